The third kappa shape index (κ3) is 3.32. The van der Waals surface area contributed by atoms with Crippen molar-refractivity contribution in [3.8, 4) is 0 Å². The molecule has 0 saturated heterocycles. The van der Waals surface area contributed by atoms with Crippen molar-refractivity contribution in [3.63, 3.8) is 0 Å². The smallest absolute Gasteiger partial charge is 0.193 e. The topological polar surface area (TPSA) is 141 Å². The van der Waals surface area contributed by atoms with Crippen molar-refractivity contribution < 1.29 is 20.5 Å². The molecule has 1 aromatic carbocycles. The van der Waals surface area contributed by atoms with Crippen LogP contribution >= 0.6 is 0 Å². The number of rotatable bonds is 5. The molecular formula is C11H18N2O4. The second-order valence-electron chi connectivity index (χ2n) is 3.41. The predicted octanol–water partition coefficient (Wildman–Crippen LogP) is -1.68. The van der Waals surface area contributed by atoms with Gasteiger partial charge in [0.25, 0.3) is 0 Å². The zero-order valence-corrected chi connectivity index (χ0v) is 9.39. The highest BCUT2D eigenvalue weighted by Gasteiger charge is 2.19. The maximum Gasteiger partial charge on any atom is 0.193 e. The molecule has 0 aliphatic carbocycles. The Morgan fingerprint density at radius 2 is 1.94 bits per heavy atom. The summed E-state index contributed by atoms with van der Waals surface area (Å²) in [4.78, 5) is 11.7. The minimum absolute atomic E-state index is 0. The van der Waals surface area contributed by atoms with E-state index in [1.807, 2.05) is 0 Å². The average Bonchev–Trinajstić information content (AvgIpc) is 2.35. The van der Waals surface area contributed by atoms with Crippen LogP contribution in [0.1, 0.15) is 21.5 Å². The number of carbonyl (C=O) groups is 1. The Balaban J connectivity index is 0.00000256. The highest BCUT2D eigenvalue weighted by molar-refractivity contribution is 6.00. The molecule has 1 atom stereocenters. The van der Waals surface area contributed by atoms with Gasteiger partial charge in [-0.25, -0.2) is 0 Å². The number of hydrogen-bond acceptors (Lipinski definition) is 5. The molecule has 0 saturated carbocycles. The predicted molar refractivity (Wildman–Crippen MR) is 63.3 cm³/mol. The number of carbonyl (C=O) groups excluding carboxylic acids is 1. The van der Waals surface area contributed by atoms with Gasteiger partial charge in [0.15, 0.2) is 5.78 Å². The third-order valence-electron chi connectivity index (χ3n) is 2.44. The summed E-state index contributed by atoms with van der Waals surface area (Å²) in [7, 11) is 0. The van der Waals surface area contributed by atoms with Gasteiger partial charge in [-0.3, -0.25) is 4.79 Å². The van der Waals surface area contributed by atoms with Crippen molar-refractivity contribution >= 4 is 5.78 Å². The average molecular weight is 242 g/mol. The summed E-state index contributed by atoms with van der Waals surface area (Å²) in [5.41, 5.74) is 12.8. The minimum Gasteiger partial charge on any atom is -0.412 e. The number of ketones is 1. The van der Waals surface area contributed by atoms with Crippen LogP contribution in [0, 0.1) is 0 Å². The number of Topliss-reactive ketones (excluding diaryl/α,β-unsaturated/α-hetero) is 1. The number of hydrogen-bond donors (Lipinski definition) is 4. The van der Waals surface area contributed by atoms with Crippen LogP contribution < -0.4 is 11.5 Å². The molecule has 0 aliphatic heterocycles. The molecule has 0 fully saturated rings. The van der Waals surface area contributed by atoms with Gasteiger partial charge in [0, 0.05) is 18.7 Å². The lowest BCUT2D eigenvalue weighted by molar-refractivity contribution is 0.0586. The van der Waals surface area contributed by atoms with E-state index >= 15 is 0 Å². The van der Waals surface area contributed by atoms with Crippen molar-refractivity contribution in [2.24, 2.45) is 11.5 Å². The van der Waals surface area contributed by atoms with Gasteiger partial charge in [-0.2, -0.15) is 0 Å². The van der Waals surface area contributed by atoms with Crippen molar-refractivity contribution in [3.05, 3.63) is 34.9 Å². The van der Waals surface area contributed by atoms with Crippen LogP contribution in [0.25, 0.3) is 0 Å². The molecule has 0 heterocycles. The van der Waals surface area contributed by atoms with Crippen LogP contribution in [0.15, 0.2) is 18.2 Å². The quantitative estimate of drug-likeness (QED) is 0.456. The Bertz CT molecular complexity index is 382. The van der Waals surface area contributed by atoms with Gasteiger partial charge in [0.05, 0.1) is 6.61 Å². The monoisotopic (exact) mass is 242 g/mol. The fourth-order valence-corrected chi connectivity index (χ4v) is 1.56. The molecule has 1 rings (SSSR count). The summed E-state index contributed by atoms with van der Waals surface area (Å²) >= 11 is 0. The first kappa shape index (κ1) is 15.7. The van der Waals surface area contributed by atoms with Gasteiger partial charge in [0.2, 0.25) is 0 Å². The Labute approximate surface area is 99.2 Å². The van der Waals surface area contributed by atoms with Crippen LogP contribution in [0.5, 0.6) is 0 Å². The molecule has 17 heavy (non-hydrogen) atoms. The molecule has 0 amide bonds. The van der Waals surface area contributed by atoms with Crippen LogP contribution in [-0.2, 0) is 13.1 Å². The largest absolute Gasteiger partial charge is 0.412 e. The van der Waals surface area contributed by atoms with E-state index < -0.39 is 18.5 Å². The van der Waals surface area contributed by atoms with Gasteiger partial charge in [-0.05, 0) is 11.1 Å². The first-order valence-electron chi connectivity index (χ1n) is 4.99. The highest BCUT2D eigenvalue weighted by Crippen LogP contribution is 2.16. The fraction of sp³-hybridized carbons (Fsp3) is 0.364. The molecule has 0 aliphatic rings. The van der Waals surface area contributed by atoms with E-state index in [0.29, 0.717) is 11.1 Å². The molecular weight excluding hydrogens is 224 g/mol. The number of benzene rings is 1. The minimum atomic E-state index is -1.40. The standard InChI is InChI=1S/C11H16N2O3.H2O/c12-4-7-2-1-3-8(9(7)5-13)11(16)10(15)6-14;/h1-3,10,14-15H,4-6,12-13H2;1H2. The van der Waals surface area contributed by atoms with Crippen molar-refractivity contribution in [2.45, 2.75) is 19.2 Å². The van der Waals surface area contributed by atoms with E-state index in [1.54, 1.807) is 18.2 Å². The lowest BCUT2D eigenvalue weighted by Gasteiger charge is -2.13. The van der Waals surface area contributed by atoms with Gasteiger partial charge in [0.1, 0.15) is 6.10 Å². The second kappa shape index (κ2) is 7.10. The maximum atomic E-state index is 11.7. The maximum absolute atomic E-state index is 11.7. The van der Waals surface area contributed by atoms with E-state index in [9.17, 15) is 9.90 Å². The summed E-state index contributed by atoms with van der Waals surface area (Å²) < 4.78 is 0. The first-order valence-corrected chi connectivity index (χ1v) is 4.99. The molecule has 8 N–H and O–H groups in total. The molecule has 0 aromatic heterocycles. The molecule has 1 unspecified atom stereocenters. The van der Waals surface area contributed by atoms with E-state index in [-0.39, 0.29) is 18.6 Å². The lowest BCUT2D eigenvalue weighted by Crippen LogP contribution is -2.26. The molecule has 96 valence electrons. The van der Waals surface area contributed by atoms with E-state index in [0.717, 1.165) is 5.56 Å². The van der Waals surface area contributed by atoms with Crippen LogP contribution in [-0.4, -0.2) is 34.2 Å². The van der Waals surface area contributed by atoms with Gasteiger partial charge >= 0.3 is 0 Å². The van der Waals surface area contributed by atoms with E-state index in [4.69, 9.17) is 16.6 Å². The summed E-state index contributed by atoms with van der Waals surface area (Å²) in [6.45, 7) is -0.148. The molecule has 6 heteroatoms. The summed E-state index contributed by atoms with van der Waals surface area (Å²) in [5.74, 6) is -0.529. The van der Waals surface area contributed by atoms with Crippen molar-refractivity contribution in [1.82, 2.24) is 0 Å². The summed E-state index contributed by atoms with van der Waals surface area (Å²) in [5, 5.41) is 18.0. The Morgan fingerprint density at radius 1 is 1.29 bits per heavy atom. The van der Waals surface area contributed by atoms with Gasteiger partial charge in [-0.15, -0.1) is 0 Å². The van der Waals surface area contributed by atoms with Crippen LogP contribution in [0.2, 0.25) is 0 Å². The number of nitrogens with two attached hydrogens (primary N) is 2. The number of aliphatic hydroxyl groups is 2. The van der Waals surface area contributed by atoms with E-state index in [1.165, 1.54) is 0 Å². The Kier molecular flexibility index (Phi) is 6.55. The molecule has 6 nitrogen and oxygen atoms in total. The number of aliphatic hydroxyl groups excluding tert-OH is 2. The normalized spacial score (nSPS) is 11.8. The molecule has 0 spiro atoms. The van der Waals surface area contributed by atoms with Crippen LogP contribution in [0.3, 0.4) is 0 Å². The fourth-order valence-electron chi connectivity index (χ4n) is 1.56. The third-order valence-corrected chi connectivity index (χ3v) is 2.44. The first-order chi connectivity index (χ1) is 7.65. The Hall–Kier alpha value is -1.31. The van der Waals surface area contributed by atoms with Crippen molar-refractivity contribution in [2.75, 3.05) is 6.61 Å². The van der Waals surface area contributed by atoms with Gasteiger partial charge in [-0.1, -0.05) is 18.2 Å². The van der Waals surface area contributed by atoms with Crippen molar-refractivity contribution in [1.29, 1.82) is 0 Å². The highest BCUT2D eigenvalue weighted by atomic mass is 16.3. The van der Waals surface area contributed by atoms with Gasteiger partial charge < -0.3 is 27.2 Å². The van der Waals surface area contributed by atoms with Crippen LogP contribution in [0.4, 0.5) is 0 Å². The Morgan fingerprint density at radius 3 is 2.41 bits per heavy atom. The molecule has 1 aromatic rings. The molecule has 0 radical (unpaired) electrons. The second-order valence-corrected chi connectivity index (χ2v) is 3.41. The lowest BCUT2D eigenvalue weighted by atomic mass is 9.96. The summed E-state index contributed by atoms with van der Waals surface area (Å²) in [6.07, 6.45) is -1.40. The molecule has 0 bridgehead atoms. The zero-order valence-electron chi connectivity index (χ0n) is 9.39. The zero-order chi connectivity index (χ0) is 12.1. The SMILES string of the molecule is NCc1cccc(C(=O)C(O)CO)c1CN.O. The van der Waals surface area contributed by atoms with E-state index in [2.05, 4.69) is 0 Å². The summed E-state index contributed by atoms with van der Waals surface area (Å²) in [6, 6.07) is 5.03.